The number of hydrogen-bond donors (Lipinski definition) is 2. The summed E-state index contributed by atoms with van der Waals surface area (Å²) in [5.74, 6) is -0.179. The maximum Gasteiger partial charge on any atom is 0.329 e. The minimum absolute atomic E-state index is 0.0617. The molecule has 6 heteroatoms. The molecule has 0 aromatic rings. The van der Waals surface area contributed by atoms with E-state index in [0.717, 1.165) is 0 Å². The zero-order chi connectivity index (χ0) is 12.5. The van der Waals surface area contributed by atoms with E-state index in [1.807, 2.05) is 0 Å². The van der Waals surface area contributed by atoms with Gasteiger partial charge in [0.05, 0.1) is 0 Å². The Bertz CT molecular complexity index is 327. The third kappa shape index (κ3) is 2.15. The van der Waals surface area contributed by atoms with Gasteiger partial charge >= 0.3 is 5.97 Å². The van der Waals surface area contributed by atoms with Gasteiger partial charge in [-0.1, -0.05) is 0 Å². The summed E-state index contributed by atoms with van der Waals surface area (Å²) < 4.78 is 5.21. The SMILES string of the molecule is O=C1CC(CS)CN1C1(C(=O)O)CCOCC1. The number of thiol groups is 1. The first-order chi connectivity index (χ1) is 8.10. The van der Waals surface area contributed by atoms with Crippen LogP contribution >= 0.6 is 12.6 Å². The number of hydrogen-bond acceptors (Lipinski definition) is 4. The highest BCUT2D eigenvalue weighted by Crippen LogP contribution is 2.34. The number of carbonyl (C=O) groups excluding carboxylic acids is 1. The third-order valence-electron chi connectivity index (χ3n) is 3.70. The van der Waals surface area contributed by atoms with E-state index in [-0.39, 0.29) is 11.8 Å². The van der Waals surface area contributed by atoms with Crippen molar-refractivity contribution in [2.75, 3.05) is 25.5 Å². The van der Waals surface area contributed by atoms with E-state index in [1.165, 1.54) is 0 Å². The molecule has 2 heterocycles. The lowest BCUT2D eigenvalue weighted by Crippen LogP contribution is -2.58. The Labute approximate surface area is 106 Å². The second-order valence-corrected chi connectivity index (χ2v) is 5.07. The normalized spacial score (nSPS) is 28.4. The number of carboxylic acid groups (broad SMARTS) is 1. The molecule has 1 amide bonds. The highest BCUT2D eigenvalue weighted by Gasteiger charge is 2.50. The molecule has 1 atom stereocenters. The van der Waals surface area contributed by atoms with Crippen LogP contribution in [0.3, 0.4) is 0 Å². The van der Waals surface area contributed by atoms with Crippen LogP contribution in [0.15, 0.2) is 0 Å². The van der Waals surface area contributed by atoms with Crippen molar-refractivity contribution in [3.8, 4) is 0 Å². The molecule has 0 aromatic heterocycles. The van der Waals surface area contributed by atoms with Gasteiger partial charge in [0.15, 0.2) is 0 Å². The van der Waals surface area contributed by atoms with Gasteiger partial charge in [-0.05, 0) is 11.7 Å². The maximum absolute atomic E-state index is 11.9. The van der Waals surface area contributed by atoms with Gasteiger partial charge in [0.25, 0.3) is 0 Å². The van der Waals surface area contributed by atoms with E-state index in [4.69, 9.17) is 4.74 Å². The van der Waals surface area contributed by atoms with Crippen LogP contribution in [-0.2, 0) is 14.3 Å². The number of rotatable bonds is 3. The molecule has 0 radical (unpaired) electrons. The van der Waals surface area contributed by atoms with Crippen LogP contribution in [0.5, 0.6) is 0 Å². The first-order valence-electron chi connectivity index (χ1n) is 5.82. The Morgan fingerprint density at radius 1 is 1.53 bits per heavy atom. The van der Waals surface area contributed by atoms with Crippen molar-refractivity contribution in [1.29, 1.82) is 0 Å². The fourth-order valence-corrected chi connectivity index (χ4v) is 2.87. The molecule has 2 rings (SSSR count). The molecular weight excluding hydrogens is 242 g/mol. The van der Waals surface area contributed by atoms with Crippen LogP contribution in [0.1, 0.15) is 19.3 Å². The lowest BCUT2D eigenvalue weighted by molar-refractivity contribution is -0.163. The Balaban J connectivity index is 2.22. The Kier molecular flexibility index (Phi) is 3.63. The van der Waals surface area contributed by atoms with Crippen molar-refractivity contribution in [3.05, 3.63) is 0 Å². The minimum atomic E-state index is -1.05. The highest BCUT2D eigenvalue weighted by molar-refractivity contribution is 7.80. The number of carbonyl (C=O) groups is 2. The number of likely N-dealkylation sites (tertiary alicyclic amines) is 1. The van der Waals surface area contributed by atoms with E-state index in [1.54, 1.807) is 4.90 Å². The molecular formula is C11H17NO4S. The number of amides is 1. The van der Waals surface area contributed by atoms with Gasteiger partial charge in [-0.3, -0.25) is 4.79 Å². The lowest BCUT2D eigenvalue weighted by atomic mass is 9.88. The fourth-order valence-electron chi connectivity index (χ4n) is 2.63. The van der Waals surface area contributed by atoms with Crippen LogP contribution in [0.2, 0.25) is 0 Å². The maximum atomic E-state index is 11.9. The predicted molar refractivity (Wildman–Crippen MR) is 64.1 cm³/mol. The number of nitrogens with zero attached hydrogens (tertiary/aromatic N) is 1. The van der Waals surface area contributed by atoms with Crippen LogP contribution < -0.4 is 0 Å². The Hall–Kier alpha value is -0.750. The first-order valence-corrected chi connectivity index (χ1v) is 6.46. The molecule has 2 saturated heterocycles. The molecule has 0 spiro atoms. The summed E-state index contributed by atoms with van der Waals surface area (Å²) in [6.45, 7) is 1.32. The highest BCUT2D eigenvalue weighted by atomic mass is 32.1. The van der Waals surface area contributed by atoms with Crippen molar-refractivity contribution in [2.24, 2.45) is 5.92 Å². The van der Waals surface area contributed by atoms with Crippen molar-refractivity contribution in [1.82, 2.24) is 4.90 Å². The summed E-state index contributed by atoms with van der Waals surface area (Å²) in [5, 5.41) is 9.46. The molecule has 2 fully saturated rings. The van der Waals surface area contributed by atoms with Gasteiger partial charge in [0, 0.05) is 39.0 Å². The molecule has 0 saturated carbocycles. The molecule has 1 unspecified atom stereocenters. The Morgan fingerprint density at radius 3 is 2.65 bits per heavy atom. The van der Waals surface area contributed by atoms with Gasteiger partial charge in [0.1, 0.15) is 5.54 Å². The van der Waals surface area contributed by atoms with Crippen LogP contribution in [0, 0.1) is 5.92 Å². The largest absolute Gasteiger partial charge is 0.479 e. The molecule has 17 heavy (non-hydrogen) atoms. The van der Waals surface area contributed by atoms with E-state index in [2.05, 4.69) is 12.6 Å². The van der Waals surface area contributed by atoms with E-state index < -0.39 is 11.5 Å². The van der Waals surface area contributed by atoms with Crippen LogP contribution in [-0.4, -0.2) is 52.9 Å². The second-order valence-electron chi connectivity index (χ2n) is 4.71. The van der Waals surface area contributed by atoms with Gasteiger partial charge in [-0.2, -0.15) is 12.6 Å². The van der Waals surface area contributed by atoms with E-state index in [9.17, 15) is 14.7 Å². The summed E-state index contributed by atoms with van der Waals surface area (Å²) in [6.07, 6.45) is 1.18. The Morgan fingerprint density at radius 2 is 2.18 bits per heavy atom. The molecule has 0 aliphatic carbocycles. The molecule has 0 aromatic carbocycles. The van der Waals surface area contributed by atoms with Crippen LogP contribution in [0.4, 0.5) is 0 Å². The van der Waals surface area contributed by atoms with E-state index in [0.29, 0.717) is 44.8 Å². The second kappa shape index (κ2) is 4.86. The summed E-state index contributed by atoms with van der Waals surface area (Å²) in [6, 6.07) is 0. The van der Waals surface area contributed by atoms with Gasteiger partial charge in [0.2, 0.25) is 5.91 Å². The number of carboxylic acids is 1. The molecule has 96 valence electrons. The average molecular weight is 259 g/mol. The quantitative estimate of drug-likeness (QED) is 0.720. The van der Waals surface area contributed by atoms with Crippen molar-refractivity contribution in [2.45, 2.75) is 24.8 Å². The van der Waals surface area contributed by atoms with Crippen molar-refractivity contribution in [3.63, 3.8) is 0 Å². The van der Waals surface area contributed by atoms with Crippen molar-refractivity contribution >= 4 is 24.5 Å². The molecule has 1 N–H and O–H groups in total. The standard InChI is InChI=1S/C11H17NO4S/c13-9-5-8(7-17)6-12(9)11(10(14)15)1-3-16-4-2-11/h8,17H,1-7H2,(H,14,15). The molecule has 5 nitrogen and oxygen atoms in total. The molecule has 2 aliphatic heterocycles. The predicted octanol–water partition coefficient (Wildman–Crippen LogP) is 0.398. The smallest absolute Gasteiger partial charge is 0.329 e. The van der Waals surface area contributed by atoms with Crippen molar-refractivity contribution < 1.29 is 19.4 Å². The first kappa shape index (κ1) is 12.7. The molecule has 0 bridgehead atoms. The van der Waals surface area contributed by atoms with Gasteiger partial charge < -0.3 is 14.7 Å². The average Bonchev–Trinajstić information content (AvgIpc) is 2.71. The third-order valence-corrected chi connectivity index (χ3v) is 4.21. The van der Waals surface area contributed by atoms with E-state index >= 15 is 0 Å². The summed E-state index contributed by atoms with van der Waals surface area (Å²) >= 11 is 4.19. The zero-order valence-electron chi connectivity index (χ0n) is 9.59. The fraction of sp³-hybridized carbons (Fsp3) is 0.818. The monoisotopic (exact) mass is 259 g/mol. The summed E-state index contributed by atoms with van der Waals surface area (Å²) in [4.78, 5) is 25.0. The van der Waals surface area contributed by atoms with Crippen LogP contribution in [0.25, 0.3) is 0 Å². The summed E-state index contributed by atoms with van der Waals surface area (Å²) in [7, 11) is 0. The topological polar surface area (TPSA) is 66.8 Å². The zero-order valence-corrected chi connectivity index (χ0v) is 10.5. The minimum Gasteiger partial charge on any atom is -0.479 e. The lowest BCUT2D eigenvalue weighted by Gasteiger charge is -2.40. The molecule has 2 aliphatic rings. The van der Waals surface area contributed by atoms with Gasteiger partial charge in [-0.25, -0.2) is 4.79 Å². The summed E-state index contributed by atoms with van der Waals surface area (Å²) in [5.41, 5.74) is -1.05. The number of ether oxygens (including phenoxy) is 1. The number of aliphatic carboxylic acids is 1. The van der Waals surface area contributed by atoms with Gasteiger partial charge in [-0.15, -0.1) is 0 Å².